The molecular weight excluding hydrogens is 244 g/mol. The van der Waals surface area contributed by atoms with E-state index in [1.165, 1.54) is 13.2 Å². The van der Waals surface area contributed by atoms with Crippen LogP contribution in [0.15, 0.2) is 30.4 Å². The second-order valence-electron chi connectivity index (χ2n) is 3.53. The van der Waals surface area contributed by atoms with E-state index in [4.69, 9.17) is 14.7 Å². The zero-order valence-electron chi connectivity index (χ0n) is 11.0. The molecule has 100 valence electrons. The predicted molar refractivity (Wildman–Crippen MR) is 72.0 cm³/mol. The first-order valence-electron chi connectivity index (χ1n) is 5.87. The number of nitrogens with zero attached hydrogens (tertiary/aromatic N) is 1. The highest BCUT2D eigenvalue weighted by atomic mass is 16.5. The fraction of sp³-hybridized carbons (Fsp3) is 0.286. The summed E-state index contributed by atoms with van der Waals surface area (Å²) in [5, 5.41) is 12.1. The molecule has 0 saturated carbocycles. The number of ether oxygens (including phenoxy) is 2. The van der Waals surface area contributed by atoms with Gasteiger partial charge in [-0.3, -0.25) is 0 Å². The Morgan fingerprint density at radius 1 is 1.53 bits per heavy atom. The average molecular weight is 260 g/mol. The molecular formula is C14H16N2O3. The number of esters is 1. The molecule has 19 heavy (non-hydrogen) atoms. The highest BCUT2D eigenvalue weighted by molar-refractivity contribution is 5.82. The third-order valence-corrected chi connectivity index (χ3v) is 2.30. The highest BCUT2D eigenvalue weighted by Gasteiger charge is 2.07. The molecule has 5 nitrogen and oxygen atoms in total. The van der Waals surface area contributed by atoms with Gasteiger partial charge in [-0.1, -0.05) is 12.1 Å². The molecule has 0 saturated heterocycles. The molecule has 0 atom stereocenters. The van der Waals surface area contributed by atoms with Gasteiger partial charge in [-0.15, -0.1) is 0 Å². The topological polar surface area (TPSA) is 71.3 Å². The number of benzene rings is 1. The summed E-state index contributed by atoms with van der Waals surface area (Å²) in [5.74, 6) is 0.202. The Bertz CT molecular complexity index is 504. The molecule has 5 heteroatoms. The maximum atomic E-state index is 11.1. The van der Waals surface area contributed by atoms with Crippen molar-refractivity contribution in [2.45, 2.75) is 6.92 Å². The number of carbonyl (C=O) groups is 1. The van der Waals surface area contributed by atoms with Crippen LogP contribution in [0.1, 0.15) is 12.5 Å². The van der Waals surface area contributed by atoms with Gasteiger partial charge in [0.15, 0.2) is 0 Å². The van der Waals surface area contributed by atoms with Crippen LogP contribution in [0, 0.1) is 11.3 Å². The van der Waals surface area contributed by atoms with Crippen molar-refractivity contribution < 1.29 is 14.3 Å². The van der Waals surface area contributed by atoms with Gasteiger partial charge < -0.3 is 14.8 Å². The Kier molecular flexibility index (Phi) is 5.96. The Labute approximate surface area is 112 Å². The monoisotopic (exact) mass is 260 g/mol. The van der Waals surface area contributed by atoms with Crippen molar-refractivity contribution >= 4 is 11.7 Å². The maximum absolute atomic E-state index is 11.1. The van der Waals surface area contributed by atoms with Crippen LogP contribution >= 0.6 is 0 Å². The standard InChI is InChI=1S/C14H16N2O3/c1-3-19-13(17)8-5-9-16-14-11(10-15)6-4-7-12(14)18-2/h4-8,16H,3,9H2,1-2H3/b8-5+. The minimum absolute atomic E-state index is 0.349. The molecule has 0 aliphatic heterocycles. The van der Waals surface area contributed by atoms with E-state index in [-0.39, 0.29) is 5.97 Å². The van der Waals surface area contributed by atoms with E-state index < -0.39 is 0 Å². The number of hydrogen-bond donors (Lipinski definition) is 1. The molecule has 0 fully saturated rings. The second kappa shape index (κ2) is 7.77. The van der Waals surface area contributed by atoms with E-state index in [0.717, 1.165) is 0 Å². The van der Waals surface area contributed by atoms with E-state index in [1.54, 1.807) is 31.2 Å². The SMILES string of the molecule is CCOC(=O)/C=C/CNc1c(C#N)cccc1OC. The van der Waals surface area contributed by atoms with Crippen LogP contribution in [0.4, 0.5) is 5.69 Å². The van der Waals surface area contributed by atoms with Crippen molar-refractivity contribution in [1.29, 1.82) is 5.26 Å². The Hall–Kier alpha value is -2.48. The predicted octanol–water partition coefficient (Wildman–Crippen LogP) is 2.10. The van der Waals surface area contributed by atoms with Crippen molar-refractivity contribution in [2.75, 3.05) is 25.6 Å². The zero-order valence-corrected chi connectivity index (χ0v) is 11.0. The Morgan fingerprint density at radius 2 is 2.32 bits per heavy atom. The number of anilines is 1. The van der Waals surface area contributed by atoms with Gasteiger partial charge in [-0.25, -0.2) is 4.79 Å². The van der Waals surface area contributed by atoms with Crippen LogP contribution in [0.5, 0.6) is 5.75 Å². The lowest BCUT2D eigenvalue weighted by Crippen LogP contribution is -2.04. The molecule has 0 unspecified atom stereocenters. The van der Waals surface area contributed by atoms with Gasteiger partial charge in [-0.2, -0.15) is 5.26 Å². The molecule has 1 aromatic rings. The molecule has 0 amide bonds. The third-order valence-electron chi connectivity index (χ3n) is 2.30. The Balaban J connectivity index is 2.68. The van der Waals surface area contributed by atoms with Crippen LogP contribution in [0.25, 0.3) is 0 Å². The van der Waals surface area contributed by atoms with Crippen molar-refractivity contribution in [3.8, 4) is 11.8 Å². The lowest BCUT2D eigenvalue weighted by atomic mass is 10.2. The van der Waals surface area contributed by atoms with Gasteiger partial charge in [-0.05, 0) is 19.1 Å². The molecule has 0 bridgehead atoms. The molecule has 0 heterocycles. The van der Waals surface area contributed by atoms with Crippen molar-refractivity contribution in [1.82, 2.24) is 0 Å². The normalized spacial score (nSPS) is 9.95. The van der Waals surface area contributed by atoms with Crippen LogP contribution in [-0.4, -0.2) is 26.2 Å². The van der Waals surface area contributed by atoms with Gasteiger partial charge in [0.25, 0.3) is 0 Å². The molecule has 0 aliphatic rings. The minimum atomic E-state index is -0.384. The molecule has 0 aliphatic carbocycles. The molecule has 0 spiro atoms. The number of para-hydroxylation sites is 1. The molecule has 0 radical (unpaired) electrons. The van der Waals surface area contributed by atoms with Crippen molar-refractivity contribution in [2.24, 2.45) is 0 Å². The van der Waals surface area contributed by atoms with Gasteiger partial charge in [0.2, 0.25) is 0 Å². The summed E-state index contributed by atoms with van der Waals surface area (Å²) >= 11 is 0. The van der Waals surface area contributed by atoms with Crippen LogP contribution in [-0.2, 0) is 9.53 Å². The summed E-state index contributed by atoms with van der Waals surface area (Å²) in [6.07, 6.45) is 2.98. The van der Waals surface area contributed by atoms with Crippen molar-refractivity contribution in [3.63, 3.8) is 0 Å². The molecule has 1 N–H and O–H groups in total. The van der Waals surface area contributed by atoms with E-state index >= 15 is 0 Å². The minimum Gasteiger partial charge on any atom is -0.495 e. The second-order valence-corrected chi connectivity index (χ2v) is 3.53. The number of hydrogen-bond acceptors (Lipinski definition) is 5. The van der Waals surface area contributed by atoms with E-state index in [9.17, 15) is 4.79 Å². The average Bonchev–Trinajstić information content (AvgIpc) is 2.43. The summed E-state index contributed by atoms with van der Waals surface area (Å²) in [5.41, 5.74) is 1.10. The zero-order chi connectivity index (χ0) is 14.1. The van der Waals surface area contributed by atoms with E-state index in [1.807, 2.05) is 0 Å². The van der Waals surface area contributed by atoms with Crippen molar-refractivity contribution in [3.05, 3.63) is 35.9 Å². The largest absolute Gasteiger partial charge is 0.495 e. The maximum Gasteiger partial charge on any atom is 0.330 e. The summed E-state index contributed by atoms with van der Waals surface area (Å²) in [7, 11) is 1.54. The van der Waals surface area contributed by atoms with Gasteiger partial charge in [0, 0.05) is 12.6 Å². The molecule has 1 aromatic carbocycles. The summed E-state index contributed by atoms with van der Waals surface area (Å²) in [6, 6.07) is 7.29. The fourth-order valence-electron chi connectivity index (χ4n) is 1.48. The fourth-order valence-corrected chi connectivity index (χ4v) is 1.48. The Morgan fingerprint density at radius 3 is 2.95 bits per heavy atom. The van der Waals surface area contributed by atoms with Crippen LogP contribution in [0.3, 0.4) is 0 Å². The molecule has 1 rings (SSSR count). The lowest BCUT2D eigenvalue weighted by Gasteiger charge is -2.10. The number of carbonyl (C=O) groups excluding carboxylic acids is 1. The highest BCUT2D eigenvalue weighted by Crippen LogP contribution is 2.27. The van der Waals surface area contributed by atoms with Crippen LogP contribution in [0.2, 0.25) is 0 Å². The first kappa shape index (κ1) is 14.6. The number of rotatable bonds is 6. The number of methoxy groups -OCH3 is 1. The lowest BCUT2D eigenvalue weighted by molar-refractivity contribution is -0.137. The number of nitriles is 1. The first-order valence-corrected chi connectivity index (χ1v) is 5.87. The third kappa shape index (κ3) is 4.36. The van der Waals surface area contributed by atoms with Gasteiger partial charge in [0.1, 0.15) is 11.8 Å². The first-order chi connectivity index (χ1) is 9.22. The quantitative estimate of drug-likeness (QED) is 0.626. The molecule has 0 aromatic heterocycles. The number of nitrogens with one attached hydrogen (secondary N) is 1. The van der Waals surface area contributed by atoms with Gasteiger partial charge >= 0.3 is 5.97 Å². The van der Waals surface area contributed by atoms with Crippen LogP contribution < -0.4 is 10.1 Å². The van der Waals surface area contributed by atoms with Gasteiger partial charge in [0.05, 0.1) is 25.0 Å². The smallest absolute Gasteiger partial charge is 0.330 e. The summed E-state index contributed by atoms with van der Waals surface area (Å²) in [6.45, 7) is 2.49. The van der Waals surface area contributed by atoms with E-state index in [0.29, 0.717) is 30.2 Å². The summed E-state index contributed by atoms with van der Waals surface area (Å²) in [4.78, 5) is 11.1. The van der Waals surface area contributed by atoms with E-state index in [2.05, 4.69) is 11.4 Å². The summed E-state index contributed by atoms with van der Waals surface area (Å²) < 4.78 is 9.93.